The molecule has 0 saturated carbocycles. The molecule has 23 heavy (non-hydrogen) atoms. The number of hydrogen-bond donors (Lipinski definition) is 2. The lowest BCUT2D eigenvalue weighted by Crippen LogP contribution is -2.29. The lowest BCUT2D eigenvalue weighted by Gasteiger charge is -2.25. The van der Waals surface area contributed by atoms with Crippen molar-refractivity contribution in [3.8, 4) is 5.75 Å². The zero-order valence-corrected chi connectivity index (χ0v) is 13.6. The summed E-state index contributed by atoms with van der Waals surface area (Å²) in [6.45, 7) is 2.08. The summed E-state index contributed by atoms with van der Waals surface area (Å²) in [7, 11) is 0. The minimum atomic E-state index is -0.0260. The molecule has 1 aromatic heterocycles. The molecular weight excluding hydrogens is 310 g/mol. The second-order valence-corrected chi connectivity index (χ2v) is 7.17. The van der Waals surface area contributed by atoms with Crippen LogP contribution in [-0.2, 0) is 4.79 Å². The van der Waals surface area contributed by atoms with Gasteiger partial charge in [-0.1, -0.05) is 23.5 Å². The third-order valence-corrected chi connectivity index (χ3v) is 5.73. The number of aromatic hydroxyl groups is 1. The molecule has 2 aromatic rings. The summed E-state index contributed by atoms with van der Waals surface area (Å²) in [6.07, 6.45) is 4.08. The predicted octanol–water partition coefficient (Wildman–Crippen LogP) is 3.31. The molecule has 1 atom stereocenters. The van der Waals surface area contributed by atoms with E-state index in [-0.39, 0.29) is 17.6 Å². The smallest absolute Gasteiger partial charge is 0.226 e. The Bertz CT molecular complexity index is 737. The number of benzene rings is 1. The van der Waals surface area contributed by atoms with Gasteiger partial charge in [-0.05, 0) is 37.0 Å². The van der Waals surface area contributed by atoms with Crippen LogP contribution in [0.25, 0.3) is 0 Å². The molecular formula is C17H19N3O2S. The Hall–Kier alpha value is -2.08. The van der Waals surface area contributed by atoms with Crippen molar-refractivity contribution in [1.29, 1.82) is 0 Å². The van der Waals surface area contributed by atoms with Gasteiger partial charge >= 0.3 is 0 Å². The summed E-state index contributed by atoms with van der Waals surface area (Å²) in [6, 6.07) is 7.18. The van der Waals surface area contributed by atoms with Crippen LogP contribution in [0.2, 0.25) is 0 Å². The molecule has 1 aromatic carbocycles. The van der Waals surface area contributed by atoms with E-state index in [1.165, 1.54) is 19.3 Å². The Balaban J connectivity index is 1.71. The molecule has 1 fully saturated rings. The van der Waals surface area contributed by atoms with E-state index < -0.39 is 0 Å². The lowest BCUT2D eigenvalue weighted by molar-refractivity contribution is -0.116. The summed E-state index contributed by atoms with van der Waals surface area (Å²) in [4.78, 5) is 20.1. The van der Waals surface area contributed by atoms with Gasteiger partial charge in [-0.25, -0.2) is 4.98 Å². The molecule has 1 saturated heterocycles. The van der Waals surface area contributed by atoms with Gasteiger partial charge in [0.2, 0.25) is 5.91 Å². The Kier molecular flexibility index (Phi) is 3.69. The van der Waals surface area contributed by atoms with E-state index in [0.29, 0.717) is 12.2 Å². The molecule has 0 spiro atoms. The van der Waals surface area contributed by atoms with Crippen molar-refractivity contribution >= 4 is 28.2 Å². The molecule has 2 aliphatic heterocycles. The summed E-state index contributed by atoms with van der Waals surface area (Å²) < 4.78 is 0. The van der Waals surface area contributed by atoms with Crippen LogP contribution >= 0.6 is 11.3 Å². The van der Waals surface area contributed by atoms with E-state index in [2.05, 4.69) is 15.2 Å². The van der Waals surface area contributed by atoms with Gasteiger partial charge in [0, 0.05) is 25.4 Å². The van der Waals surface area contributed by atoms with Gasteiger partial charge < -0.3 is 15.3 Å². The van der Waals surface area contributed by atoms with Crippen LogP contribution in [0.4, 0.5) is 10.9 Å². The van der Waals surface area contributed by atoms with E-state index in [0.717, 1.165) is 28.7 Å². The van der Waals surface area contributed by atoms with Gasteiger partial charge in [-0.3, -0.25) is 4.79 Å². The molecule has 2 N–H and O–H groups in total. The molecule has 120 valence electrons. The maximum Gasteiger partial charge on any atom is 0.226 e. The van der Waals surface area contributed by atoms with Crippen LogP contribution in [0.5, 0.6) is 5.75 Å². The number of hydrogen-bond acceptors (Lipinski definition) is 5. The highest BCUT2D eigenvalue weighted by atomic mass is 32.1. The molecule has 2 aliphatic rings. The number of nitrogens with zero attached hydrogens (tertiary/aromatic N) is 2. The third kappa shape index (κ3) is 2.79. The second kappa shape index (κ2) is 5.85. The maximum atomic E-state index is 12.1. The number of amides is 1. The van der Waals surface area contributed by atoms with E-state index in [1.807, 2.05) is 12.1 Å². The van der Waals surface area contributed by atoms with Crippen LogP contribution in [0.15, 0.2) is 24.3 Å². The average Bonchev–Trinajstić information content (AvgIpc) is 2.98. The number of nitrogens with one attached hydrogen (secondary N) is 1. The largest absolute Gasteiger partial charge is 0.508 e. The van der Waals surface area contributed by atoms with E-state index in [1.54, 1.807) is 23.5 Å². The Morgan fingerprint density at radius 3 is 2.87 bits per heavy atom. The highest BCUT2D eigenvalue weighted by Gasteiger charge is 2.31. The molecule has 3 heterocycles. The first-order chi connectivity index (χ1) is 11.2. The van der Waals surface area contributed by atoms with E-state index in [4.69, 9.17) is 0 Å². The van der Waals surface area contributed by atoms with Crippen molar-refractivity contribution in [2.24, 2.45) is 0 Å². The van der Waals surface area contributed by atoms with Crippen molar-refractivity contribution in [1.82, 2.24) is 4.98 Å². The van der Waals surface area contributed by atoms with Crippen LogP contribution in [-0.4, -0.2) is 29.1 Å². The van der Waals surface area contributed by atoms with Gasteiger partial charge in [-0.15, -0.1) is 0 Å². The number of carbonyl (C=O) groups excluding carboxylic acids is 1. The maximum absolute atomic E-state index is 12.1. The average molecular weight is 329 g/mol. The third-order valence-electron chi connectivity index (χ3n) is 4.51. The number of rotatable bonds is 2. The molecule has 0 bridgehead atoms. The molecule has 0 radical (unpaired) electrons. The molecule has 6 heteroatoms. The topological polar surface area (TPSA) is 65.5 Å². The summed E-state index contributed by atoms with van der Waals surface area (Å²) in [5, 5.41) is 13.7. The summed E-state index contributed by atoms with van der Waals surface area (Å²) >= 11 is 1.67. The zero-order chi connectivity index (χ0) is 15.8. The standard InChI is InChI=1S/C17H19N3O2S/c21-12-6-4-5-11(9-12)13-10-14(22)18-16-15(13)23-17(19-16)20-7-2-1-3-8-20/h4-6,9,13,21H,1-3,7-8,10H2,(H,18,22)/t13-/m0/s1. The van der Waals surface area contributed by atoms with Gasteiger partial charge in [0.05, 0.1) is 4.88 Å². The van der Waals surface area contributed by atoms with Gasteiger partial charge in [0.15, 0.2) is 5.13 Å². The van der Waals surface area contributed by atoms with Crippen molar-refractivity contribution in [3.05, 3.63) is 34.7 Å². The molecule has 1 amide bonds. The summed E-state index contributed by atoms with van der Waals surface area (Å²) in [5.41, 5.74) is 0.968. The Labute approximate surface area is 139 Å². The number of phenolic OH excluding ortho intramolecular Hbond substituents is 1. The zero-order valence-electron chi connectivity index (χ0n) is 12.8. The first kappa shape index (κ1) is 14.5. The van der Waals surface area contributed by atoms with Crippen LogP contribution < -0.4 is 10.2 Å². The number of aromatic nitrogens is 1. The molecule has 0 unspecified atom stereocenters. The van der Waals surface area contributed by atoms with Crippen molar-refractivity contribution in [2.75, 3.05) is 23.3 Å². The SMILES string of the molecule is O=C1C[C@@H](c2cccc(O)c2)c2sc(N3CCCCC3)nc2N1. The second-order valence-electron chi connectivity index (χ2n) is 6.16. The van der Waals surface area contributed by atoms with Crippen molar-refractivity contribution < 1.29 is 9.90 Å². The molecule has 0 aliphatic carbocycles. The molecule has 4 rings (SSSR count). The number of piperidine rings is 1. The van der Waals surface area contributed by atoms with Gasteiger partial charge in [0.1, 0.15) is 11.6 Å². The quantitative estimate of drug-likeness (QED) is 0.887. The Morgan fingerprint density at radius 2 is 2.09 bits per heavy atom. The number of phenols is 1. The summed E-state index contributed by atoms with van der Waals surface area (Å²) in [5.74, 6) is 0.888. The highest BCUT2D eigenvalue weighted by Crippen LogP contribution is 2.43. The number of anilines is 2. The Morgan fingerprint density at radius 1 is 1.26 bits per heavy atom. The monoisotopic (exact) mass is 329 g/mol. The van der Waals surface area contributed by atoms with E-state index in [9.17, 15) is 9.90 Å². The minimum absolute atomic E-state index is 0.0127. The fraction of sp³-hybridized carbons (Fsp3) is 0.412. The van der Waals surface area contributed by atoms with Crippen LogP contribution in [0, 0.1) is 0 Å². The number of carbonyl (C=O) groups is 1. The fourth-order valence-corrected chi connectivity index (χ4v) is 4.54. The normalized spacial score (nSPS) is 21.0. The number of thiazole rings is 1. The minimum Gasteiger partial charge on any atom is -0.508 e. The van der Waals surface area contributed by atoms with Crippen molar-refractivity contribution in [2.45, 2.75) is 31.6 Å². The van der Waals surface area contributed by atoms with E-state index >= 15 is 0 Å². The number of fused-ring (bicyclic) bond motifs is 1. The van der Waals surface area contributed by atoms with Gasteiger partial charge in [0.25, 0.3) is 0 Å². The fourth-order valence-electron chi connectivity index (χ4n) is 3.34. The highest BCUT2D eigenvalue weighted by molar-refractivity contribution is 7.16. The first-order valence-corrected chi connectivity index (χ1v) is 8.87. The molecule has 5 nitrogen and oxygen atoms in total. The van der Waals surface area contributed by atoms with Gasteiger partial charge in [-0.2, -0.15) is 0 Å². The van der Waals surface area contributed by atoms with Crippen molar-refractivity contribution in [3.63, 3.8) is 0 Å². The lowest BCUT2D eigenvalue weighted by atomic mass is 9.91. The van der Waals surface area contributed by atoms with Crippen LogP contribution in [0.1, 0.15) is 42.0 Å². The van der Waals surface area contributed by atoms with Crippen LogP contribution in [0.3, 0.4) is 0 Å². The first-order valence-electron chi connectivity index (χ1n) is 8.05. The predicted molar refractivity (Wildman–Crippen MR) is 91.4 cm³/mol.